The van der Waals surface area contributed by atoms with Gasteiger partial charge in [0.05, 0.1) is 51.8 Å². The predicted molar refractivity (Wildman–Crippen MR) is 336 cm³/mol. The first-order chi connectivity index (χ1) is 47.9. The van der Waals surface area contributed by atoms with Crippen molar-refractivity contribution in [3.05, 3.63) is 11.6 Å². The Labute approximate surface area is 590 Å². The third-order valence-electron chi connectivity index (χ3n) is 25.9. The Balaban J connectivity index is 0.835. The molecule has 39 atom stereocenters. The Morgan fingerprint density at radius 1 is 0.490 bits per heavy atom. The number of carbonyl (C=O) groups is 1. The molecule has 0 unspecified atom stereocenters. The zero-order chi connectivity index (χ0) is 74.0. The number of esters is 1. The van der Waals surface area contributed by atoms with E-state index in [0.717, 1.165) is 44.1 Å². The fourth-order valence-corrected chi connectivity index (χ4v) is 19.7. The van der Waals surface area contributed by atoms with Gasteiger partial charge in [-0.1, -0.05) is 66.5 Å². The van der Waals surface area contributed by atoms with E-state index in [-0.39, 0.29) is 40.4 Å². The van der Waals surface area contributed by atoms with Crippen LogP contribution in [0.3, 0.4) is 0 Å². The van der Waals surface area contributed by atoms with Crippen LogP contribution in [0.1, 0.15) is 120 Å². The molecule has 18 N–H and O–H groups in total. The molecule has 0 bridgehead atoms. The Morgan fingerprint density at radius 2 is 1.07 bits per heavy atom. The number of ether oxygens (including phenoxy) is 13. The van der Waals surface area contributed by atoms with Crippen LogP contribution in [-0.2, 0) is 76.1 Å². The monoisotopic (exact) mass is 1470 g/mol. The molecule has 0 aromatic heterocycles. The summed E-state index contributed by atoms with van der Waals surface area (Å²) in [5.41, 5.74) is -1.55. The summed E-state index contributed by atoms with van der Waals surface area (Å²) in [6, 6.07) is 0. The summed E-state index contributed by atoms with van der Waals surface area (Å²) in [5, 5.41) is 200. The lowest BCUT2D eigenvalue weighted by Crippen LogP contribution is -2.68. The molecular formula is C68H110O34. The number of hydrogen-bond donors (Lipinski definition) is 18. The van der Waals surface area contributed by atoms with E-state index in [1.807, 2.05) is 0 Å². The minimum atomic E-state index is -2.25. The summed E-state index contributed by atoms with van der Waals surface area (Å²) in [6.45, 7) is 13.5. The minimum Gasteiger partial charge on any atom is -0.432 e. The molecule has 5 aliphatic carbocycles. The summed E-state index contributed by atoms with van der Waals surface area (Å²) in [6.07, 6.45) is -48.6. The molecule has 4 saturated carbocycles. The van der Waals surface area contributed by atoms with E-state index < -0.39 is 259 Å². The highest BCUT2D eigenvalue weighted by molar-refractivity contribution is 5.80. The Morgan fingerprint density at radius 3 is 1.76 bits per heavy atom. The first kappa shape index (κ1) is 79.5. The molecule has 0 amide bonds. The lowest BCUT2D eigenvalue weighted by Gasteiger charge is -2.71. The van der Waals surface area contributed by atoms with Gasteiger partial charge in [0, 0.05) is 0 Å². The van der Waals surface area contributed by atoms with Crippen LogP contribution in [0.15, 0.2) is 11.6 Å². The van der Waals surface area contributed by atoms with Crippen molar-refractivity contribution in [1.29, 1.82) is 0 Å². The number of aliphatic hydroxyl groups is 18. The smallest absolute Gasteiger partial charge is 0.317 e. The Kier molecular flexibility index (Phi) is 23.6. The maximum Gasteiger partial charge on any atom is 0.317 e. The van der Waals surface area contributed by atoms with Gasteiger partial charge in [0.1, 0.15) is 134 Å². The summed E-state index contributed by atoms with van der Waals surface area (Å²) < 4.78 is 76.5. The topological polar surface area (TPSA) is 520 Å². The molecule has 0 radical (unpaired) electrons. The van der Waals surface area contributed by atoms with Gasteiger partial charge in [-0.05, 0) is 110 Å². The standard InChI is InChI=1S/C68H110O34/c1-26-51(97-59-48(84)43(79)40(76)32(20-69)94-59)44(80)49(85)58(93-26)99-54-52(31(72)23-90-61(54)100-62(87)68-17-16-63(2,3)18-28(68)27-10-11-36-65(6)14-9-13-64(4,5)35(65)12-15-66(36,7)67(27,8)19-37(68)73)101-102-60-50(86)53(42(78)34(96-60)25-91-55-45(81)38(74)29(70)21-88-55)98-57-47(83)41(77)33(24-92-57)95-56-46(82)39(75)30(71)22-89-56/h10,26,28-61,69-86H,9,11-25H2,1-8H3/t26-,28-,29+,30-,31-,32+,33-,34+,35-,36+,37+,38-,39-,40+,41-,42+,43-,44-,45+,46+,47+,48+,49+,50+,51-,52-,53-,54+,55-,56-,57-,58-,59-,60-,61-,65-,66+,67+,68+/m0/s1. The van der Waals surface area contributed by atoms with Crippen LogP contribution < -0.4 is 0 Å². The van der Waals surface area contributed by atoms with E-state index in [9.17, 15) is 91.9 Å². The zero-order valence-corrected chi connectivity index (χ0v) is 58.7. The second-order valence-corrected chi connectivity index (χ2v) is 33.1. The molecule has 34 nitrogen and oxygen atoms in total. The Bertz CT molecular complexity index is 2880. The normalized spacial score (nSPS) is 54.0. The number of allylic oxidation sites excluding steroid dienone is 2. The van der Waals surface area contributed by atoms with Crippen LogP contribution in [0.2, 0.25) is 0 Å². The molecule has 11 fully saturated rings. The lowest BCUT2D eigenvalue weighted by atomic mass is 9.33. The summed E-state index contributed by atoms with van der Waals surface area (Å²) in [5.74, 6) is -0.692. The molecule has 7 saturated heterocycles. The van der Waals surface area contributed by atoms with Crippen LogP contribution in [0.4, 0.5) is 0 Å². The highest BCUT2D eigenvalue weighted by atomic mass is 17.2. The van der Waals surface area contributed by atoms with Crippen molar-refractivity contribution >= 4 is 5.97 Å². The van der Waals surface area contributed by atoms with Crippen LogP contribution in [0.25, 0.3) is 0 Å². The number of aliphatic hydroxyl groups excluding tert-OH is 18. The lowest BCUT2D eigenvalue weighted by molar-refractivity contribution is -0.472. The van der Waals surface area contributed by atoms with E-state index in [4.69, 9.17) is 71.4 Å². The van der Waals surface area contributed by atoms with E-state index in [2.05, 4.69) is 54.5 Å². The van der Waals surface area contributed by atoms with Crippen molar-refractivity contribution in [3.63, 3.8) is 0 Å². The summed E-state index contributed by atoms with van der Waals surface area (Å²) in [7, 11) is 0. The summed E-state index contributed by atoms with van der Waals surface area (Å²) >= 11 is 0. The van der Waals surface area contributed by atoms with Crippen molar-refractivity contribution in [1.82, 2.24) is 0 Å². The molecule has 7 aliphatic heterocycles. The van der Waals surface area contributed by atoms with Crippen molar-refractivity contribution in [2.24, 2.45) is 50.2 Å². The maximum absolute atomic E-state index is 16.0. The molecule has 102 heavy (non-hydrogen) atoms. The second-order valence-electron chi connectivity index (χ2n) is 33.1. The first-order valence-electron chi connectivity index (χ1n) is 36.0. The number of rotatable bonds is 17. The van der Waals surface area contributed by atoms with Gasteiger partial charge in [0.2, 0.25) is 12.6 Å². The first-order valence-corrected chi connectivity index (χ1v) is 36.0. The zero-order valence-electron chi connectivity index (χ0n) is 58.7. The van der Waals surface area contributed by atoms with E-state index in [1.165, 1.54) is 6.92 Å². The second kappa shape index (κ2) is 30.3. The molecule has 586 valence electrons. The van der Waals surface area contributed by atoms with Crippen molar-refractivity contribution < 1.29 is 168 Å². The fourth-order valence-electron chi connectivity index (χ4n) is 19.7. The molecule has 0 aromatic rings. The molecule has 12 aliphatic rings. The predicted octanol–water partition coefficient (Wildman–Crippen LogP) is -5.05. The third kappa shape index (κ3) is 14.2. The van der Waals surface area contributed by atoms with Gasteiger partial charge in [0.15, 0.2) is 43.7 Å². The summed E-state index contributed by atoms with van der Waals surface area (Å²) in [4.78, 5) is 27.9. The molecular weight excluding hydrogens is 1360 g/mol. The average Bonchev–Trinajstić information content (AvgIpc) is 0.672. The minimum absolute atomic E-state index is 0.0174. The SMILES string of the molecule is C[C@@H]1O[C@@H](O[C@H]2[C@H](OC(=O)[C@]34CCC(C)(C)C[C@H]3C3=CC[C@@H]5[C@@]6(C)CCCC(C)(C)[C@@H]6CC[C@@]5(C)[C@]3(C)C[C@H]4O)OC[C@H](O)[C@@H]2OO[C@@H]2O[C@H](CO[C@@H]3OC[C@@H](O)[C@H](O)[C@H]3O)[C@@H](O)[C@H](O[C@@H]3OC[C@H](O[C@@H]4OC[C@H](O)[C@H](O)[C@H]4O)[C@H](O)[C@H]3O)[C@H]2O)[C@H](O)[C@H](O)[C@H]1O[C@@H]1O[C@H](CO)[C@@H](O)[C@H](O)[C@H]1O. The highest BCUT2D eigenvalue weighted by Gasteiger charge is 2.72. The molecule has 12 rings (SSSR count). The number of hydrogen-bond acceptors (Lipinski definition) is 34. The van der Waals surface area contributed by atoms with Gasteiger partial charge in [0.25, 0.3) is 0 Å². The van der Waals surface area contributed by atoms with Crippen molar-refractivity contribution in [2.75, 3.05) is 39.6 Å². The van der Waals surface area contributed by atoms with Crippen LogP contribution in [0, 0.1) is 50.2 Å². The quantitative estimate of drug-likeness (QED) is 0.0280. The van der Waals surface area contributed by atoms with Crippen molar-refractivity contribution in [3.8, 4) is 0 Å². The molecule has 0 aromatic carbocycles. The largest absolute Gasteiger partial charge is 0.432 e. The van der Waals surface area contributed by atoms with E-state index >= 15 is 4.79 Å². The van der Waals surface area contributed by atoms with Gasteiger partial charge in [-0.2, -0.15) is 0 Å². The van der Waals surface area contributed by atoms with Crippen molar-refractivity contribution in [2.45, 2.75) is 316 Å². The molecule has 34 heteroatoms. The average molecular weight is 1470 g/mol. The van der Waals surface area contributed by atoms with Crippen LogP contribution in [0.5, 0.6) is 0 Å². The highest BCUT2D eigenvalue weighted by Crippen LogP contribution is 2.76. The third-order valence-corrected chi connectivity index (χ3v) is 25.9. The molecule has 0 spiro atoms. The van der Waals surface area contributed by atoms with Gasteiger partial charge in [-0.3, -0.25) is 4.79 Å². The molecule has 7 heterocycles. The fraction of sp³-hybridized carbons (Fsp3) is 0.956. The number of fused-ring (bicyclic) bond motifs is 7. The van der Waals surface area contributed by atoms with Gasteiger partial charge >= 0.3 is 5.97 Å². The van der Waals surface area contributed by atoms with E-state index in [1.54, 1.807) is 0 Å². The Hall–Kier alpha value is -2.07. The van der Waals surface area contributed by atoms with Crippen LogP contribution in [-0.4, -0.2) is 334 Å². The maximum atomic E-state index is 16.0. The number of carbonyl (C=O) groups excluding carboxylic acids is 1. The van der Waals surface area contributed by atoms with Gasteiger partial charge < -0.3 is 153 Å². The van der Waals surface area contributed by atoms with E-state index in [0.29, 0.717) is 18.8 Å². The van der Waals surface area contributed by atoms with Crippen LogP contribution >= 0.6 is 0 Å². The van der Waals surface area contributed by atoms with Gasteiger partial charge in [-0.15, -0.1) is 0 Å². The van der Waals surface area contributed by atoms with Gasteiger partial charge in [-0.25, -0.2) is 9.78 Å².